The fraction of sp³-hybridized carbons (Fsp3) is 0.190. The molecule has 1 aromatic heterocycles. The molecule has 0 atom stereocenters. The second kappa shape index (κ2) is 8.39. The Balaban J connectivity index is 1.82. The highest BCUT2D eigenvalue weighted by molar-refractivity contribution is 7.89. The van der Waals surface area contributed by atoms with Crippen LogP contribution in [0.1, 0.15) is 21.9 Å². The minimum atomic E-state index is -3.78. The van der Waals surface area contributed by atoms with Crippen LogP contribution in [0.15, 0.2) is 53.4 Å². The fourth-order valence-corrected chi connectivity index (χ4v) is 3.87. The zero-order valence-electron chi connectivity index (χ0n) is 16.1. The van der Waals surface area contributed by atoms with E-state index >= 15 is 0 Å². The Kier molecular flexibility index (Phi) is 5.92. The summed E-state index contributed by atoms with van der Waals surface area (Å²) in [6, 6.07) is 13.5. The fourth-order valence-electron chi connectivity index (χ4n) is 2.89. The number of carbonyl (C=O) groups excluding carboxylic acids is 1. The van der Waals surface area contributed by atoms with Gasteiger partial charge in [-0.2, -0.15) is 4.72 Å². The largest absolute Gasteiger partial charge is 0.334 e. The summed E-state index contributed by atoms with van der Waals surface area (Å²) >= 11 is 0. The maximum absolute atomic E-state index is 12.8. The van der Waals surface area contributed by atoms with Crippen LogP contribution in [0.2, 0.25) is 0 Å². The van der Waals surface area contributed by atoms with Crippen molar-refractivity contribution in [1.29, 1.82) is 0 Å². The lowest BCUT2D eigenvalue weighted by Gasteiger charge is -2.17. The van der Waals surface area contributed by atoms with Crippen molar-refractivity contribution in [3.8, 4) is 12.3 Å². The molecule has 0 radical (unpaired) electrons. The van der Waals surface area contributed by atoms with E-state index in [1.54, 1.807) is 13.1 Å². The minimum absolute atomic E-state index is 0.0233. The number of hydrogen-bond donors (Lipinski definition) is 1. The Bertz CT molecular complexity index is 1220. The zero-order valence-corrected chi connectivity index (χ0v) is 16.9. The highest BCUT2D eigenvalue weighted by Gasteiger charge is 2.18. The maximum atomic E-state index is 12.8. The molecule has 1 heterocycles. The van der Waals surface area contributed by atoms with Crippen molar-refractivity contribution in [1.82, 2.24) is 19.6 Å². The topological polar surface area (TPSA) is 92.3 Å². The van der Waals surface area contributed by atoms with Crippen molar-refractivity contribution >= 4 is 26.8 Å². The third kappa shape index (κ3) is 4.59. The van der Waals surface area contributed by atoms with Crippen molar-refractivity contribution in [3.63, 3.8) is 0 Å². The van der Waals surface area contributed by atoms with Crippen LogP contribution in [0, 0.1) is 19.3 Å². The number of fused-ring (bicyclic) bond motifs is 1. The number of nitrogens with one attached hydrogen (secondary N) is 1. The molecule has 3 aromatic rings. The number of para-hydroxylation sites is 1. The van der Waals surface area contributed by atoms with E-state index in [4.69, 9.17) is 6.42 Å². The number of rotatable bonds is 6. The van der Waals surface area contributed by atoms with E-state index in [2.05, 4.69) is 20.6 Å². The van der Waals surface area contributed by atoms with Crippen LogP contribution in [0.4, 0.5) is 0 Å². The molecule has 0 unspecified atom stereocenters. The molecule has 0 saturated carbocycles. The summed E-state index contributed by atoms with van der Waals surface area (Å²) in [6.07, 6.45) is 5.10. The van der Waals surface area contributed by atoms with Gasteiger partial charge in [0.05, 0.1) is 23.5 Å². The second-order valence-corrected chi connectivity index (χ2v) is 8.23. The van der Waals surface area contributed by atoms with Gasteiger partial charge in [0, 0.05) is 23.7 Å². The first-order chi connectivity index (χ1) is 13.8. The van der Waals surface area contributed by atoms with E-state index in [-0.39, 0.29) is 29.5 Å². The van der Waals surface area contributed by atoms with Crippen molar-refractivity contribution in [2.45, 2.75) is 18.4 Å². The number of aryl methyl sites for hydroxylation is 1. The van der Waals surface area contributed by atoms with Gasteiger partial charge >= 0.3 is 0 Å². The van der Waals surface area contributed by atoms with Crippen LogP contribution in [0.25, 0.3) is 10.9 Å². The van der Waals surface area contributed by atoms with Crippen molar-refractivity contribution in [3.05, 3.63) is 65.6 Å². The van der Waals surface area contributed by atoms with Gasteiger partial charge in [-0.05, 0) is 31.2 Å². The number of aromatic nitrogens is 2. The van der Waals surface area contributed by atoms with Crippen molar-refractivity contribution in [2.75, 3.05) is 13.6 Å². The molecule has 0 fully saturated rings. The third-order valence-electron chi connectivity index (χ3n) is 4.32. The van der Waals surface area contributed by atoms with Gasteiger partial charge < -0.3 is 4.90 Å². The van der Waals surface area contributed by atoms with Crippen LogP contribution in [0.5, 0.6) is 0 Å². The first kappa shape index (κ1) is 20.5. The average Bonchev–Trinajstić information content (AvgIpc) is 2.72. The number of hydrogen-bond acceptors (Lipinski definition) is 5. The summed E-state index contributed by atoms with van der Waals surface area (Å²) in [7, 11) is -2.16. The van der Waals surface area contributed by atoms with E-state index in [0.717, 1.165) is 16.6 Å². The van der Waals surface area contributed by atoms with E-state index in [0.29, 0.717) is 5.82 Å². The first-order valence-corrected chi connectivity index (χ1v) is 10.3. The molecule has 0 spiro atoms. The summed E-state index contributed by atoms with van der Waals surface area (Å²) in [5.74, 6) is 2.39. The average molecular weight is 408 g/mol. The second-order valence-electron chi connectivity index (χ2n) is 6.46. The van der Waals surface area contributed by atoms with Gasteiger partial charge in [0.1, 0.15) is 5.82 Å². The molecule has 1 amide bonds. The molecule has 0 bridgehead atoms. The Morgan fingerprint density at radius 2 is 1.93 bits per heavy atom. The number of nitrogens with zero attached hydrogens (tertiary/aromatic N) is 3. The summed E-state index contributed by atoms with van der Waals surface area (Å²) in [6.45, 7) is 1.96. The number of benzene rings is 2. The highest BCUT2D eigenvalue weighted by atomic mass is 32.2. The molecule has 7 nitrogen and oxygen atoms in total. The Morgan fingerprint density at radius 1 is 1.17 bits per heavy atom. The summed E-state index contributed by atoms with van der Waals surface area (Å²) < 4.78 is 26.7. The Hall–Kier alpha value is -3.28. The number of sulfonamides is 1. The number of carbonyl (C=O) groups is 1. The van der Waals surface area contributed by atoms with Gasteiger partial charge in [0.25, 0.3) is 5.91 Å². The normalized spacial score (nSPS) is 11.2. The maximum Gasteiger partial charge on any atom is 0.254 e. The quantitative estimate of drug-likeness (QED) is 0.631. The van der Waals surface area contributed by atoms with Crippen molar-refractivity contribution in [2.24, 2.45) is 0 Å². The number of terminal acetylenes is 1. The van der Waals surface area contributed by atoms with E-state index < -0.39 is 10.0 Å². The lowest BCUT2D eigenvalue weighted by Crippen LogP contribution is -2.28. The SMILES string of the molecule is C#CCNS(=O)(=O)c1cccc(C(=O)N(C)Cc2nc(C)c3ccccc3n2)c1. The summed E-state index contributed by atoms with van der Waals surface area (Å²) in [5.41, 5.74) is 1.89. The van der Waals surface area contributed by atoms with Crippen molar-refractivity contribution < 1.29 is 13.2 Å². The van der Waals surface area contributed by atoms with Gasteiger partial charge in [-0.3, -0.25) is 4.79 Å². The minimum Gasteiger partial charge on any atom is -0.334 e. The lowest BCUT2D eigenvalue weighted by molar-refractivity contribution is 0.0781. The molecular formula is C21H20N4O3S. The summed E-state index contributed by atoms with van der Waals surface area (Å²) in [4.78, 5) is 23.2. The first-order valence-electron chi connectivity index (χ1n) is 8.83. The van der Waals surface area contributed by atoms with Crippen LogP contribution in [-0.4, -0.2) is 42.8 Å². The molecule has 0 aliphatic heterocycles. The molecule has 8 heteroatoms. The molecule has 1 N–H and O–H groups in total. The summed E-state index contributed by atoms with van der Waals surface area (Å²) in [5, 5.41) is 0.961. The predicted octanol–water partition coefficient (Wildman–Crippen LogP) is 2.12. The molecule has 2 aromatic carbocycles. The molecule has 29 heavy (non-hydrogen) atoms. The standard InChI is InChI=1S/C21H20N4O3S/c1-4-12-22-29(27,28)17-9-7-8-16(13-17)21(26)25(3)14-20-23-15(2)18-10-5-6-11-19(18)24-20/h1,5-11,13,22H,12,14H2,2-3H3. The van der Waals surface area contributed by atoms with Crippen LogP contribution in [0.3, 0.4) is 0 Å². The van der Waals surface area contributed by atoms with Crippen LogP contribution in [-0.2, 0) is 16.6 Å². The molecular weight excluding hydrogens is 388 g/mol. The van der Waals surface area contributed by atoms with Gasteiger partial charge in [0.15, 0.2) is 0 Å². The molecule has 0 aliphatic rings. The van der Waals surface area contributed by atoms with Gasteiger partial charge in [0.2, 0.25) is 10.0 Å². The molecule has 148 valence electrons. The monoisotopic (exact) mass is 408 g/mol. The van der Waals surface area contributed by atoms with Crippen LogP contribution < -0.4 is 4.72 Å². The van der Waals surface area contributed by atoms with Gasteiger partial charge in [-0.15, -0.1) is 6.42 Å². The highest BCUT2D eigenvalue weighted by Crippen LogP contribution is 2.17. The molecule has 0 aliphatic carbocycles. The van der Waals surface area contributed by atoms with Gasteiger partial charge in [-0.1, -0.05) is 30.2 Å². The Morgan fingerprint density at radius 3 is 2.69 bits per heavy atom. The smallest absolute Gasteiger partial charge is 0.254 e. The van der Waals surface area contributed by atoms with Crippen LogP contribution >= 0.6 is 0 Å². The van der Waals surface area contributed by atoms with E-state index in [9.17, 15) is 13.2 Å². The zero-order chi connectivity index (χ0) is 21.0. The van der Waals surface area contributed by atoms with E-state index in [1.807, 2.05) is 31.2 Å². The molecule has 3 rings (SSSR count). The molecule has 0 saturated heterocycles. The predicted molar refractivity (Wildman–Crippen MR) is 111 cm³/mol. The Labute approximate surface area is 169 Å². The van der Waals surface area contributed by atoms with Gasteiger partial charge in [-0.25, -0.2) is 18.4 Å². The third-order valence-corrected chi connectivity index (χ3v) is 5.72. The number of amides is 1. The van der Waals surface area contributed by atoms with E-state index in [1.165, 1.54) is 23.1 Å². The lowest BCUT2D eigenvalue weighted by atomic mass is 10.2.